The lowest BCUT2D eigenvalue weighted by Crippen LogP contribution is -2.24. The van der Waals surface area contributed by atoms with Gasteiger partial charge in [-0.3, -0.25) is 24.3 Å². The Morgan fingerprint density at radius 2 is 1.97 bits per heavy atom. The fraction of sp³-hybridized carbons (Fsp3) is 0.625. The van der Waals surface area contributed by atoms with Crippen molar-refractivity contribution in [1.82, 2.24) is 14.8 Å². The van der Waals surface area contributed by atoms with Gasteiger partial charge in [-0.25, -0.2) is 0 Å². The van der Waals surface area contributed by atoms with Crippen LogP contribution in [-0.4, -0.2) is 32.4 Å². The molecule has 2 N–H and O–H groups in total. The predicted molar refractivity (Wildman–Crippen MR) is 129 cm³/mol. The van der Waals surface area contributed by atoms with Crippen LogP contribution in [-0.2, 0) is 22.4 Å². The van der Waals surface area contributed by atoms with Crippen molar-refractivity contribution >= 4 is 39.9 Å². The second-order valence-electron chi connectivity index (χ2n) is 9.98. The van der Waals surface area contributed by atoms with Gasteiger partial charge in [-0.1, -0.05) is 26.7 Å². The molecular formula is C24H33N5O3S. The SMILES string of the molecule is CC(C)C(=O)Nc1nncn1[C@H]1CCc2sc(NC(=O)C3CC3)c(C(=O)CCC3CC3)c2C1.[HH]. The molecule has 2 aromatic rings. The van der Waals surface area contributed by atoms with E-state index < -0.39 is 0 Å². The lowest BCUT2D eigenvalue weighted by molar-refractivity contribution is -0.119. The largest absolute Gasteiger partial charge is 0.317 e. The molecule has 2 aromatic heterocycles. The zero-order valence-corrected chi connectivity index (χ0v) is 20.0. The highest BCUT2D eigenvalue weighted by atomic mass is 32.1. The summed E-state index contributed by atoms with van der Waals surface area (Å²) in [6, 6.07) is 0.0477. The number of nitrogens with one attached hydrogen (secondary N) is 2. The summed E-state index contributed by atoms with van der Waals surface area (Å²) in [6.07, 6.45) is 9.78. The lowest BCUT2D eigenvalue weighted by atomic mass is 9.89. The highest BCUT2D eigenvalue weighted by molar-refractivity contribution is 7.17. The number of anilines is 2. The number of aromatic nitrogens is 3. The van der Waals surface area contributed by atoms with E-state index in [2.05, 4.69) is 20.8 Å². The molecule has 5 rings (SSSR count). The molecule has 0 aliphatic heterocycles. The topological polar surface area (TPSA) is 106 Å². The average molecular weight is 472 g/mol. The number of ketones is 1. The van der Waals surface area contributed by atoms with Gasteiger partial charge in [0.25, 0.3) is 0 Å². The third-order valence-corrected chi connectivity index (χ3v) is 8.11. The van der Waals surface area contributed by atoms with Crippen LogP contribution in [0.5, 0.6) is 0 Å². The predicted octanol–water partition coefficient (Wildman–Crippen LogP) is 4.63. The van der Waals surface area contributed by atoms with Crippen molar-refractivity contribution in [2.24, 2.45) is 17.8 Å². The number of hydrogen-bond acceptors (Lipinski definition) is 6. The number of amides is 2. The first-order chi connectivity index (χ1) is 15.9. The van der Waals surface area contributed by atoms with Crippen LogP contribution in [0.25, 0.3) is 0 Å². The minimum atomic E-state index is -0.154. The molecule has 8 nitrogen and oxygen atoms in total. The Labute approximate surface area is 199 Å². The van der Waals surface area contributed by atoms with Crippen LogP contribution in [0, 0.1) is 17.8 Å². The Bertz CT molecular complexity index is 1090. The number of rotatable bonds is 9. The summed E-state index contributed by atoms with van der Waals surface area (Å²) >= 11 is 1.57. The second-order valence-corrected chi connectivity index (χ2v) is 11.1. The van der Waals surface area contributed by atoms with E-state index in [1.165, 1.54) is 17.7 Å². The van der Waals surface area contributed by atoms with E-state index in [9.17, 15) is 14.4 Å². The van der Waals surface area contributed by atoms with Crippen molar-refractivity contribution in [3.8, 4) is 0 Å². The average Bonchev–Trinajstić information content (AvgIpc) is 3.71. The summed E-state index contributed by atoms with van der Waals surface area (Å²) in [5, 5.41) is 14.8. The first-order valence-electron chi connectivity index (χ1n) is 12.1. The summed E-state index contributed by atoms with van der Waals surface area (Å²) in [7, 11) is 0. The number of thiophene rings is 1. The van der Waals surface area contributed by atoms with Crippen molar-refractivity contribution in [2.45, 2.75) is 77.7 Å². The maximum absolute atomic E-state index is 13.3. The molecule has 2 heterocycles. The van der Waals surface area contributed by atoms with Crippen LogP contribution < -0.4 is 10.6 Å². The molecule has 0 radical (unpaired) electrons. The molecule has 0 bridgehead atoms. The van der Waals surface area contributed by atoms with Crippen LogP contribution in [0.1, 0.15) is 87.1 Å². The molecule has 33 heavy (non-hydrogen) atoms. The molecule has 3 aliphatic rings. The summed E-state index contributed by atoms with van der Waals surface area (Å²) in [6.45, 7) is 3.68. The summed E-state index contributed by atoms with van der Waals surface area (Å²) in [4.78, 5) is 39.3. The normalized spacial score (nSPS) is 19.9. The fourth-order valence-electron chi connectivity index (χ4n) is 4.47. The monoisotopic (exact) mass is 471 g/mol. The van der Waals surface area contributed by atoms with E-state index in [4.69, 9.17) is 0 Å². The number of carbonyl (C=O) groups is 3. The quantitative estimate of drug-likeness (QED) is 0.519. The van der Waals surface area contributed by atoms with Gasteiger partial charge in [-0.05, 0) is 50.0 Å². The fourth-order valence-corrected chi connectivity index (χ4v) is 5.73. The van der Waals surface area contributed by atoms with Gasteiger partial charge in [0.05, 0.1) is 5.56 Å². The Hall–Kier alpha value is -2.55. The highest BCUT2D eigenvalue weighted by Gasteiger charge is 2.35. The van der Waals surface area contributed by atoms with E-state index in [1.54, 1.807) is 17.7 Å². The number of Topliss-reactive ketones (excluding diaryl/α,β-unsaturated/α-hetero) is 1. The number of aryl methyl sites for hydroxylation is 1. The van der Waals surface area contributed by atoms with Crippen LogP contribution >= 0.6 is 11.3 Å². The zero-order valence-electron chi connectivity index (χ0n) is 19.2. The molecule has 178 valence electrons. The Morgan fingerprint density at radius 3 is 2.67 bits per heavy atom. The van der Waals surface area contributed by atoms with Crippen LogP contribution in [0.3, 0.4) is 0 Å². The third kappa shape index (κ3) is 4.88. The van der Waals surface area contributed by atoms with Crippen molar-refractivity contribution in [2.75, 3.05) is 10.6 Å². The Balaban J connectivity index is 0.00000274. The van der Waals surface area contributed by atoms with Gasteiger partial charge in [-0.2, -0.15) is 0 Å². The van der Waals surface area contributed by atoms with Gasteiger partial charge in [0, 0.05) is 30.6 Å². The maximum atomic E-state index is 13.3. The molecule has 2 saturated carbocycles. The zero-order chi connectivity index (χ0) is 23.1. The molecular weight excluding hydrogens is 438 g/mol. The molecule has 2 amide bonds. The van der Waals surface area contributed by atoms with Gasteiger partial charge < -0.3 is 5.32 Å². The minimum Gasteiger partial charge on any atom is -0.317 e. The number of nitrogens with zero attached hydrogens (tertiary/aromatic N) is 3. The molecule has 0 unspecified atom stereocenters. The first-order valence-corrected chi connectivity index (χ1v) is 12.9. The van der Waals surface area contributed by atoms with Crippen molar-refractivity contribution in [3.63, 3.8) is 0 Å². The van der Waals surface area contributed by atoms with Crippen molar-refractivity contribution in [1.29, 1.82) is 0 Å². The van der Waals surface area contributed by atoms with Gasteiger partial charge in [0.15, 0.2) is 5.78 Å². The van der Waals surface area contributed by atoms with Gasteiger partial charge >= 0.3 is 0 Å². The Morgan fingerprint density at radius 1 is 1.18 bits per heavy atom. The van der Waals surface area contributed by atoms with Gasteiger partial charge in [0.2, 0.25) is 17.8 Å². The Kier molecular flexibility index (Phi) is 6.07. The van der Waals surface area contributed by atoms with E-state index in [1.807, 2.05) is 18.4 Å². The third-order valence-electron chi connectivity index (χ3n) is 6.90. The van der Waals surface area contributed by atoms with Gasteiger partial charge in [-0.15, -0.1) is 21.5 Å². The standard InChI is InChI=1S/C24H31N5O3S.H2/c1-13(2)21(31)27-24-28-25-12-29(24)16-8-10-19-17(11-16)20(18(30)9-5-14-3-4-14)23(33-19)26-22(32)15-6-7-15;/h12-16H,3-11H2,1-2H3,(H,26,32)(H,27,28,31);1H/t16-;/m0./s1. The molecule has 3 aliphatic carbocycles. The first kappa shape index (κ1) is 22.3. The lowest BCUT2D eigenvalue weighted by Gasteiger charge is -2.25. The maximum Gasteiger partial charge on any atom is 0.231 e. The molecule has 0 saturated heterocycles. The van der Waals surface area contributed by atoms with Crippen molar-refractivity contribution in [3.05, 3.63) is 22.3 Å². The molecule has 0 aromatic carbocycles. The van der Waals surface area contributed by atoms with E-state index in [0.29, 0.717) is 24.7 Å². The van der Waals surface area contributed by atoms with Crippen molar-refractivity contribution < 1.29 is 15.8 Å². The van der Waals surface area contributed by atoms with E-state index in [0.717, 1.165) is 48.2 Å². The molecule has 1 atom stereocenters. The van der Waals surface area contributed by atoms with E-state index >= 15 is 0 Å². The van der Waals surface area contributed by atoms with Gasteiger partial charge in [0.1, 0.15) is 11.3 Å². The van der Waals surface area contributed by atoms with Crippen LogP contribution in [0.4, 0.5) is 10.9 Å². The minimum absolute atomic E-state index is 0. The van der Waals surface area contributed by atoms with E-state index in [-0.39, 0.29) is 36.9 Å². The molecule has 2 fully saturated rings. The highest BCUT2D eigenvalue weighted by Crippen LogP contribution is 2.44. The number of fused-ring (bicyclic) bond motifs is 1. The second kappa shape index (κ2) is 9.00. The number of carbonyl (C=O) groups excluding carboxylic acids is 3. The molecule has 9 heteroatoms. The summed E-state index contributed by atoms with van der Waals surface area (Å²) in [5.74, 6) is 1.15. The molecule has 0 spiro atoms. The van der Waals surface area contributed by atoms with Crippen LogP contribution in [0.15, 0.2) is 6.33 Å². The smallest absolute Gasteiger partial charge is 0.231 e. The number of hydrogen-bond donors (Lipinski definition) is 2. The summed E-state index contributed by atoms with van der Waals surface area (Å²) in [5.41, 5.74) is 1.77. The van der Waals surface area contributed by atoms with Crippen LogP contribution in [0.2, 0.25) is 0 Å². The summed E-state index contributed by atoms with van der Waals surface area (Å²) < 4.78 is 1.92.